The van der Waals surface area contributed by atoms with Crippen LogP contribution < -0.4 is 5.73 Å². The van der Waals surface area contributed by atoms with Crippen LogP contribution in [0.15, 0.2) is 5.03 Å². The molecule has 1 aliphatic carbocycles. The lowest BCUT2D eigenvalue weighted by Gasteiger charge is -2.16. The van der Waals surface area contributed by atoms with Crippen molar-refractivity contribution in [2.45, 2.75) is 56.5 Å². The van der Waals surface area contributed by atoms with Crippen molar-refractivity contribution in [1.82, 2.24) is 9.78 Å². The lowest BCUT2D eigenvalue weighted by atomic mass is 10.1. The maximum absolute atomic E-state index is 11.3. The molecule has 0 radical (unpaired) electrons. The second-order valence-electron chi connectivity index (χ2n) is 4.89. The quantitative estimate of drug-likeness (QED) is 0.655. The van der Waals surface area contributed by atoms with Gasteiger partial charge in [0.1, 0.15) is 16.4 Å². The molecular weight excluding hydrogens is 262 g/mol. The predicted octanol–water partition coefficient (Wildman–Crippen LogP) is 3.17. The standard InChI is InChI=1S/C13H21N3O2S/c1-2-19-12-10(13(17)18)11(14)16(15-12)9-7-5-3-4-6-8-9/h9H,2-8,14H2,1H3,(H,17,18). The van der Waals surface area contributed by atoms with Gasteiger partial charge < -0.3 is 10.8 Å². The fraction of sp³-hybridized carbons (Fsp3) is 0.692. The van der Waals surface area contributed by atoms with Gasteiger partial charge in [0.2, 0.25) is 0 Å². The largest absolute Gasteiger partial charge is 0.477 e. The van der Waals surface area contributed by atoms with Crippen LogP contribution in [0.2, 0.25) is 0 Å². The molecule has 1 fully saturated rings. The molecule has 1 aromatic rings. The van der Waals surface area contributed by atoms with Crippen molar-refractivity contribution in [3.05, 3.63) is 5.56 Å². The first kappa shape index (κ1) is 14.2. The zero-order valence-corrected chi connectivity index (χ0v) is 12.1. The smallest absolute Gasteiger partial charge is 0.342 e. The van der Waals surface area contributed by atoms with E-state index in [0.717, 1.165) is 18.6 Å². The molecule has 1 aliphatic rings. The number of aromatic carboxylic acids is 1. The van der Waals surface area contributed by atoms with Crippen molar-refractivity contribution in [2.24, 2.45) is 0 Å². The Bertz CT molecular complexity index is 451. The number of anilines is 1. The fourth-order valence-electron chi connectivity index (χ4n) is 2.65. The molecule has 2 rings (SSSR count). The molecule has 1 aromatic heterocycles. The van der Waals surface area contributed by atoms with Crippen LogP contribution >= 0.6 is 11.8 Å². The first-order chi connectivity index (χ1) is 9.15. The molecule has 19 heavy (non-hydrogen) atoms. The van der Waals surface area contributed by atoms with E-state index in [0.29, 0.717) is 10.8 Å². The summed E-state index contributed by atoms with van der Waals surface area (Å²) in [5, 5.41) is 14.3. The summed E-state index contributed by atoms with van der Waals surface area (Å²) in [5.74, 6) is 0.130. The Morgan fingerprint density at radius 1 is 1.42 bits per heavy atom. The number of nitrogens with two attached hydrogens (primary N) is 1. The van der Waals surface area contributed by atoms with Gasteiger partial charge >= 0.3 is 5.97 Å². The molecule has 0 bridgehead atoms. The summed E-state index contributed by atoms with van der Waals surface area (Å²) in [6.07, 6.45) is 6.92. The average molecular weight is 283 g/mol. The van der Waals surface area contributed by atoms with Crippen molar-refractivity contribution in [3.63, 3.8) is 0 Å². The molecule has 0 aromatic carbocycles. The lowest BCUT2D eigenvalue weighted by Crippen LogP contribution is -2.13. The highest BCUT2D eigenvalue weighted by atomic mass is 32.2. The third-order valence-corrected chi connectivity index (χ3v) is 4.43. The van der Waals surface area contributed by atoms with Gasteiger partial charge in [-0.1, -0.05) is 32.6 Å². The number of carboxylic acids is 1. The third-order valence-electron chi connectivity index (χ3n) is 3.58. The highest BCUT2D eigenvalue weighted by Gasteiger charge is 2.25. The van der Waals surface area contributed by atoms with Crippen LogP contribution in [0.3, 0.4) is 0 Å². The van der Waals surface area contributed by atoms with Crippen LogP contribution in [0.4, 0.5) is 5.82 Å². The van der Waals surface area contributed by atoms with Gasteiger partial charge in [0.25, 0.3) is 0 Å². The summed E-state index contributed by atoms with van der Waals surface area (Å²) in [5.41, 5.74) is 6.20. The number of carboxylic acid groups (broad SMARTS) is 1. The van der Waals surface area contributed by atoms with E-state index in [9.17, 15) is 9.90 Å². The van der Waals surface area contributed by atoms with Gasteiger partial charge in [-0.25, -0.2) is 9.48 Å². The van der Waals surface area contributed by atoms with E-state index in [2.05, 4.69) is 5.10 Å². The second-order valence-corrected chi connectivity index (χ2v) is 6.15. The highest BCUT2D eigenvalue weighted by molar-refractivity contribution is 7.99. The van der Waals surface area contributed by atoms with Crippen LogP contribution in [0.1, 0.15) is 61.8 Å². The molecule has 1 heterocycles. The molecule has 0 spiro atoms. The minimum atomic E-state index is -0.978. The fourth-order valence-corrected chi connectivity index (χ4v) is 3.40. The van der Waals surface area contributed by atoms with E-state index < -0.39 is 5.97 Å². The van der Waals surface area contributed by atoms with Gasteiger partial charge in [-0.15, -0.1) is 11.8 Å². The summed E-state index contributed by atoms with van der Waals surface area (Å²) in [6, 6.07) is 0.256. The van der Waals surface area contributed by atoms with Crippen LogP contribution in [-0.2, 0) is 0 Å². The third kappa shape index (κ3) is 3.05. The van der Waals surface area contributed by atoms with E-state index >= 15 is 0 Å². The van der Waals surface area contributed by atoms with E-state index in [-0.39, 0.29) is 11.6 Å². The first-order valence-electron chi connectivity index (χ1n) is 6.89. The maximum Gasteiger partial charge on any atom is 0.342 e. The van der Waals surface area contributed by atoms with Gasteiger partial charge in [0.15, 0.2) is 0 Å². The van der Waals surface area contributed by atoms with Crippen molar-refractivity contribution in [1.29, 1.82) is 0 Å². The number of hydrogen-bond acceptors (Lipinski definition) is 4. The summed E-state index contributed by atoms with van der Waals surface area (Å²) < 4.78 is 1.76. The van der Waals surface area contributed by atoms with E-state index in [4.69, 9.17) is 5.73 Å². The normalized spacial score (nSPS) is 17.3. The van der Waals surface area contributed by atoms with Crippen molar-refractivity contribution in [3.8, 4) is 0 Å². The van der Waals surface area contributed by atoms with Gasteiger partial charge in [-0.05, 0) is 18.6 Å². The maximum atomic E-state index is 11.3. The molecule has 1 saturated carbocycles. The minimum Gasteiger partial charge on any atom is -0.477 e. The Balaban J connectivity index is 2.34. The van der Waals surface area contributed by atoms with E-state index in [1.807, 2.05) is 6.92 Å². The Hall–Kier alpha value is -1.17. The minimum absolute atomic E-state index is 0.177. The number of thioether (sulfide) groups is 1. The van der Waals surface area contributed by atoms with Gasteiger partial charge in [-0.2, -0.15) is 5.10 Å². The summed E-state index contributed by atoms with van der Waals surface area (Å²) in [6.45, 7) is 1.98. The molecule has 0 atom stereocenters. The Kier molecular flexibility index (Phi) is 4.74. The van der Waals surface area contributed by atoms with Crippen LogP contribution in [-0.4, -0.2) is 26.6 Å². The Morgan fingerprint density at radius 2 is 2.05 bits per heavy atom. The SMILES string of the molecule is CCSc1nn(C2CCCCCC2)c(N)c1C(=O)O. The van der Waals surface area contributed by atoms with Crippen LogP contribution in [0.25, 0.3) is 0 Å². The van der Waals surface area contributed by atoms with Gasteiger partial charge in [0.05, 0.1) is 6.04 Å². The number of rotatable bonds is 4. The summed E-state index contributed by atoms with van der Waals surface area (Å²) >= 11 is 1.44. The Labute approximate surface area is 117 Å². The molecule has 0 unspecified atom stereocenters. The molecular formula is C13H21N3O2S. The second kappa shape index (κ2) is 6.32. The molecule has 0 aliphatic heterocycles. The molecule has 0 amide bonds. The van der Waals surface area contributed by atoms with E-state index in [1.54, 1.807) is 4.68 Å². The van der Waals surface area contributed by atoms with Crippen LogP contribution in [0, 0.1) is 0 Å². The number of hydrogen-bond donors (Lipinski definition) is 2. The molecule has 106 valence electrons. The Morgan fingerprint density at radius 3 is 2.58 bits per heavy atom. The summed E-state index contributed by atoms with van der Waals surface area (Å²) in [7, 11) is 0. The zero-order chi connectivity index (χ0) is 13.8. The highest BCUT2D eigenvalue weighted by Crippen LogP contribution is 2.33. The first-order valence-corrected chi connectivity index (χ1v) is 7.87. The van der Waals surface area contributed by atoms with E-state index in [1.165, 1.54) is 37.4 Å². The van der Waals surface area contributed by atoms with Crippen LogP contribution in [0.5, 0.6) is 0 Å². The van der Waals surface area contributed by atoms with Crippen molar-refractivity contribution in [2.75, 3.05) is 11.5 Å². The molecule has 5 nitrogen and oxygen atoms in total. The zero-order valence-electron chi connectivity index (χ0n) is 11.3. The van der Waals surface area contributed by atoms with Gasteiger partial charge in [-0.3, -0.25) is 0 Å². The molecule has 0 saturated heterocycles. The van der Waals surface area contributed by atoms with Gasteiger partial charge in [0, 0.05) is 0 Å². The number of nitrogen functional groups attached to an aromatic ring is 1. The topological polar surface area (TPSA) is 81.1 Å². The monoisotopic (exact) mass is 283 g/mol. The lowest BCUT2D eigenvalue weighted by molar-refractivity contribution is 0.0694. The number of aromatic nitrogens is 2. The molecule has 6 heteroatoms. The predicted molar refractivity (Wildman–Crippen MR) is 76.7 cm³/mol. The van der Waals surface area contributed by atoms with Crippen molar-refractivity contribution < 1.29 is 9.90 Å². The van der Waals surface area contributed by atoms with Crippen molar-refractivity contribution >= 4 is 23.5 Å². The molecule has 3 N–H and O–H groups in total. The number of carbonyl (C=O) groups is 1. The summed E-state index contributed by atoms with van der Waals surface area (Å²) in [4.78, 5) is 11.3. The number of nitrogens with zero attached hydrogens (tertiary/aromatic N) is 2. The average Bonchev–Trinajstić information content (AvgIpc) is 2.56.